The van der Waals surface area contributed by atoms with Crippen molar-refractivity contribution in [1.29, 1.82) is 0 Å². The van der Waals surface area contributed by atoms with Gasteiger partial charge in [0.25, 0.3) is 5.56 Å². The van der Waals surface area contributed by atoms with Crippen LogP contribution >= 0.6 is 0 Å². The van der Waals surface area contributed by atoms with E-state index in [1.54, 1.807) is 33.0 Å². The molecule has 0 saturated carbocycles. The first-order valence-corrected chi connectivity index (χ1v) is 20.3. The van der Waals surface area contributed by atoms with Crippen LogP contribution in [-0.2, 0) is 25.8 Å². The maximum Gasteiger partial charge on any atom is 0.410 e. The number of carbonyl (C=O) groups is 3. The topological polar surface area (TPSA) is 136 Å². The van der Waals surface area contributed by atoms with E-state index in [-0.39, 0.29) is 30.5 Å². The fraction of sp³-hybridized carbons (Fsp3) is 0.571. The number of hydrogen-bond acceptors (Lipinski definition) is 7. The highest BCUT2D eigenvalue weighted by Crippen LogP contribution is 2.27. The molecule has 12 heteroatoms. The minimum Gasteiger partial charge on any atom is -0.444 e. The average Bonchev–Trinajstić information content (AvgIpc) is 3.41. The van der Waals surface area contributed by atoms with Crippen molar-refractivity contribution < 1.29 is 23.9 Å². The highest BCUT2D eigenvalue weighted by atomic mass is 28.3. The van der Waals surface area contributed by atoms with Crippen molar-refractivity contribution in [3.05, 3.63) is 52.8 Å². The quantitative estimate of drug-likeness (QED) is 0.121. The molecule has 0 saturated heterocycles. The van der Waals surface area contributed by atoms with Crippen LogP contribution in [0.15, 0.2) is 41.5 Å². The predicted molar refractivity (Wildman–Crippen MR) is 188 cm³/mol. The number of unbranched alkanes of at least 4 members (excludes halogenated alkanes) is 2. The summed E-state index contributed by atoms with van der Waals surface area (Å²) in [6.07, 6.45) is 7.00. The van der Waals surface area contributed by atoms with Crippen molar-refractivity contribution in [1.82, 2.24) is 24.8 Å². The maximum atomic E-state index is 13.4. The SMILES string of the molecule is CCC(=O)CCCCC[C@H](NC(=O)CN(C)C(=O)OC(C)(C)C)c1nc(-c2ccc3c(=O)[nH]ccc3c2)cn1COCC[Si](C)(C)C. The van der Waals surface area contributed by atoms with E-state index in [2.05, 4.69) is 29.9 Å². The molecular formula is C35H53N5O6Si. The molecule has 1 atom stereocenters. The van der Waals surface area contributed by atoms with Crippen molar-refractivity contribution in [2.24, 2.45) is 0 Å². The summed E-state index contributed by atoms with van der Waals surface area (Å²) in [6, 6.07) is 7.97. The van der Waals surface area contributed by atoms with E-state index in [0.29, 0.717) is 42.8 Å². The van der Waals surface area contributed by atoms with Crippen LogP contribution in [0.25, 0.3) is 22.0 Å². The van der Waals surface area contributed by atoms with Gasteiger partial charge in [-0.15, -0.1) is 0 Å². The Morgan fingerprint density at radius 1 is 1.11 bits per heavy atom. The highest BCUT2D eigenvalue weighted by Gasteiger charge is 2.25. The number of pyridine rings is 1. The number of ketones is 1. The Balaban J connectivity index is 1.92. The summed E-state index contributed by atoms with van der Waals surface area (Å²) >= 11 is 0. The van der Waals surface area contributed by atoms with Crippen molar-refractivity contribution in [2.75, 3.05) is 20.2 Å². The molecule has 0 radical (unpaired) electrons. The third kappa shape index (κ3) is 12.4. The van der Waals surface area contributed by atoms with E-state index in [1.807, 2.05) is 35.9 Å². The van der Waals surface area contributed by atoms with Gasteiger partial charge >= 0.3 is 6.09 Å². The van der Waals surface area contributed by atoms with Gasteiger partial charge in [0, 0.05) is 57.9 Å². The Hall–Kier alpha value is -3.77. The van der Waals surface area contributed by atoms with Crippen LogP contribution < -0.4 is 10.9 Å². The monoisotopic (exact) mass is 667 g/mol. The molecule has 3 aromatic rings. The molecule has 0 fully saturated rings. The average molecular weight is 668 g/mol. The van der Waals surface area contributed by atoms with Gasteiger partial charge < -0.3 is 29.2 Å². The van der Waals surface area contributed by atoms with Gasteiger partial charge in [-0.2, -0.15) is 0 Å². The number of aromatic nitrogens is 3. The lowest BCUT2D eigenvalue weighted by Crippen LogP contribution is -2.42. The molecule has 258 valence electrons. The second-order valence-corrected chi connectivity index (χ2v) is 20.0. The number of nitrogens with zero attached hydrogens (tertiary/aromatic N) is 3. The first-order valence-electron chi connectivity index (χ1n) is 16.6. The minimum atomic E-state index is -1.31. The molecule has 0 aliphatic carbocycles. The van der Waals surface area contributed by atoms with Gasteiger partial charge in [0.05, 0.1) is 11.7 Å². The summed E-state index contributed by atoms with van der Waals surface area (Å²) in [5.74, 6) is 0.537. The van der Waals surface area contributed by atoms with E-state index < -0.39 is 25.8 Å². The summed E-state index contributed by atoms with van der Waals surface area (Å²) in [4.78, 5) is 59.1. The molecule has 0 spiro atoms. The molecule has 2 amide bonds. The number of hydrogen-bond donors (Lipinski definition) is 2. The number of imidazole rings is 1. The number of carbonyl (C=O) groups excluding carboxylic acids is 3. The number of fused-ring (bicyclic) bond motifs is 1. The van der Waals surface area contributed by atoms with Crippen molar-refractivity contribution in [3.8, 4) is 11.3 Å². The van der Waals surface area contributed by atoms with Crippen LogP contribution in [0, 0.1) is 0 Å². The maximum absolute atomic E-state index is 13.4. The lowest BCUT2D eigenvalue weighted by molar-refractivity contribution is -0.123. The van der Waals surface area contributed by atoms with Crippen LogP contribution in [0.1, 0.15) is 78.1 Å². The Morgan fingerprint density at radius 2 is 1.85 bits per heavy atom. The van der Waals surface area contributed by atoms with Gasteiger partial charge in [-0.05, 0) is 63.2 Å². The Labute approximate surface area is 279 Å². The molecule has 2 heterocycles. The Bertz CT molecular complexity index is 1570. The summed E-state index contributed by atoms with van der Waals surface area (Å²) in [6.45, 7) is 14.8. The Kier molecular flexibility index (Phi) is 13.5. The van der Waals surface area contributed by atoms with Crippen molar-refractivity contribution in [3.63, 3.8) is 0 Å². The zero-order valence-electron chi connectivity index (χ0n) is 29.4. The van der Waals surface area contributed by atoms with Gasteiger partial charge in [-0.25, -0.2) is 9.78 Å². The minimum absolute atomic E-state index is 0.157. The highest BCUT2D eigenvalue weighted by molar-refractivity contribution is 6.76. The number of amides is 2. The number of H-pyrrole nitrogens is 1. The van der Waals surface area contributed by atoms with E-state index in [9.17, 15) is 19.2 Å². The first kappa shape index (κ1) is 37.7. The van der Waals surface area contributed by atoms with Crippen molar-refractivity contribution in [2.45, 2.75) is 110 Å². The number of aromatic amines is 1. The van der Waals surface area contributed by atoms with Crippen LogP contribution in [0.2, 0.25) is 25.7 Å². The molecule has 0 aliphatic rings. The molecule has 2 N–H and O–H groups in total. The lowest BCUT2D eigenvalue weighted by atomic mass is 10.0. The zero-order chi connectivity index (χ0) is 34.8. The van der Waals surface area contributed by atoms with Crippen LogP contribution in [0.3, 0.4) is 0 Å². The molecular weight excluding hydrogens is 615 g/mol. The molecule has 11 nitrogen and oxygen atoms in total. The second-order valence-electron chi connectivity index (χ2n) is 14.4. The van der Waals surface area contributed by atoms with E-state index in [1.165, 1.54) is 11.9 Å². The van der Waals surface area contributed by atoms with Crippen LogP contribution in [0.4, 0.5) is 4.79 Å². The predicted octanol–water partition coefficient (Wildman–Crippen LogP) is 6.66. The van der Waals surface area contributed by atoms with Gasteiger partial charge in [-0.3, -0.25) is 14.4 Å². The number of Topliss-reactive ketones (excluding diaryl/α,β-unsaturated/α-hetero) is 1. The zero-order valence-corrected chi connectivity index (χ0v) is 30.4. The molecule has 47 heavy (non-hydrogen) atoms. The summed E-state index contributed by atoms with van der Waals surface area (Å²) in [5, 5.41) is 4.50. The molecule has 1 aromatic carbocycles. The van der Waals surface area contributed by atoms with E-state index in [0.717, 1.165) is 36.3 Å². The smallest absolute Gasteiger partial charge is 0.410 e. The molecule has 0 aliphatic heterocycles. The van der Waals surface area contributed by atoms with Gasteiger partial charge in [-0.1, -0.05) is 45.5 Å². The van der Waals surface area contributed by atoms with E-state index in [4.69, 9.17) is 14.5 Å². The third-order valence-electron chi connectivity index (χ3n) is 7.68. The van der Waals surface area contributed by atoms with Gasteiger partial charge in [0.1, 0.15) is 30.5 Å². The Morgan fingerprint density at radius 3 is 2.53 bits per heavy atom. The number of ether oxygens (including phenoxy) is 2. The standard InChI is InChI=1S/C35H53N5O6Si/c1-9-27(41)13-11-10-12-14-29(37-31(42)23-39(5)34(44)46-35(2,3)4)32-38-30(22-40(32)24-45-19-20-47(6,7)8)26-15-16-28-25(21-26)17-18-36-33(28)43/h15-18,21-22,29H,9-14,19-20,23-24H2,1-8H3,(H,36,43)(H,37,42)/t29-/m0/s1. The largest absolute Gasteiger partial charge is 0.444 e. The summed E-state index contributed by atoms with van der Waals surface area (Å²) in [5.41, 5.74) is 0.680. The summed E-state index contributed by atoms with van der Waals surface area (Å²) in [7, 11) is 0.222. The molecule has 0 unspecified atom stereocenters. The van der Waals surface area contributed by atoms with E-state index >= 15 is 0 Å². The lowest BCUT2D eigenvalue weighted by Gasteiger charge is -2.25. The number of nitrogens with one attached hydrogen (secondary N) is 2. The number of likely N-dealkylation sites (N-methyl/N-ethyl adjacent to an activating group) is 1. The fourth-order valence-electron chi connectivity index (χ4n) is 4.99. The molecule has 2 aromatic heterocycles. The van der Waals surface area contributed by atoms with Crippen LogP contribution in [-0.4, -0.2) is 71.1 Å². The first-order chi connectivity index (χ1) is 22.1. The number of benzene rings is 1. The third-order valence-corrected chi connectivity index (χ3v) is 9.38. The summed E-state index contributed by atoms with van der Waals surface area (Å²) < 4.78 is 13.5. The normalized spacial score (nSPS) is 12.6. The number of rotatable bonds is 17. The fourth-order valence-corrected chi connectivity index (χ4v) is 5.75. The molecule has 0 bridgehead atoms. The molecule has 3 rings (SSSR count). The van der Waals surface area contributed by atoms with Gasteiger partial charge in [0.2, 0.25) is 5.91 Å². The second kappa shape index (κ2) is 16.9. The van der Waals surface area contributed by atoms with Crippen LogP contribution in [0.5, 0.6) is 0 Å². The van der Waals surface area contributed by atoms with Gasteiger partial charge in [0.15, 0.2) is 0 Å². The van der Waals surface area contributed by atoms with Crippen molar-refractivity contribution >= 4 is 36.6 Å².